The van der Waals surface area contributed by atoms with Crippen LogP contribution < -0.4 is 21.1 Å². The summed E-state index contributed by atoms with van der Waals surface area (Å²) in [5.74, 6) is -0.0205. The molecule has 9 nitrogen and oxygen atoms in total. The number of nitrogens with two attached hydrogens (primary N) is 1. The molecule has 1 atom stereocenters. The van der Waals surface area contributed by atoms with E-state index in [1.54, 1.807) is 43.5 Å². The molecular weight excluding hydrogens is 458 g/mol. The van der Waals surface area contributed by atoms with Gasteiger partial charge in [-0.3, -0.25) is 14.5 Å². The van der Waals surface area contributed by atoms with Gasteiger partial charge in [0.1, 0.15) is 5.75 Å². The minimum absolute atomic E-state index is 0.0292. The Morgan fingerprint density at radius 3 is 2.42 bits per heavy atom. The number of methoxy groups -OCH3 is 1. The molecule has 4 N–H and O–H groups in total. The highest BCUT2D eigenvalue weighted by Gasteiger charge is 2.41. The zero-order valence-electron chi connectivity index (χ0n) is 20.9. The van der Waals surface area contributed by atoms with E-state index >= 15 is 0 Å². The maximum atomic E-state index is 13.7. The molecule has 1 saturated carbocycles. The number of nitrogens with zero attached hydrogens (tertiary/aromatic N) is 2. The van der Waals surface area contributed by atoms with Crippen LogP contribution in [0.1, 0.15) is 48.0 Å². The normalized spacial score (nSPS) is 22.0. The fourth-order valence-electron chi connectivity index (χ4n) is 4.91. The summed E-state index contributed by atoms with van der Waals surface area (Å²) >= 11 is 0. The average Bonchev–Trinajstić information content (AvgIpc) is 2.89. The number of hydrogen-bond donors (Lipinski definition) is 3. The van der Waals surface area contributed by atoms with Gasteiger partial charge < -0.3 is 26.0 Å². The lowest BCUT2D eigenvalue weighted by molar-refractivity contribution is -0.133. The smallest absolute Gasteiger partial charge is 0.323 e. The molecule has 2 fully saturated rings. The number of hydrogen-bond acceptors (Lipinski definition) is 5. The van der Waals surface area contributed by atoms with Crippen molar-refractivity contribution >= 4 is 23.5 Å². The predicted octanol–water partition coefficient (Wildman–Crippen LogP) is 3.10. The molecule has 0 spiro atoms. The molecule has 1 unspecified atom stereocenters. The van der Waals surface area contributed by atoms with Crippen molar-refractivity contribution in [2.75, 3.05) is 25.5 Å². The Kier molecular flexibility index (Phi) is 8.10. The van der Waals surface area contributed by atoms with E-state index in [-0.39, 0.29) is 23.9 Å². The van der Waals surface area contributed by atoms with Crippen molar-refractivity contribution in [1.29, 1.82) is 0 Å². The third kappa shape index (κ3) is 5.96. The second-order valence-electron chi connectivity index (χ2n) is 9.57. The van der Waals surface area contributed by atoms with Crippen molar-refractivity contribution in [3.63, 3.8) is 0 Å². The van der Waals surface area contributed by atoms with Gasteiger partial charge in [0.05, 0.1) is 7.11 Å². The van der Waals surface area contributed by atoms with Gasteiger partial charge in [-0.2, -0.15) is 0 Å². The van der Waals surface area contributed by atoms with Crippen LogP contribution in [0.4, 0.5) is 10.5 Å². The van der Waals surface area contributed by atoms with Gasteiger partial charge >= 0.3 is 6.03 Å². The average molecular weight is 494 g/mol. The maximum absolute atomic E-state index is 13.7. The maximum Gasteiger partial charge on any atom is 0.323 e. The third-order valence-electron chi connectivity index (χ3n) is 6.85. The van der Waals surface area contributed by atoms with Crippen LogP contribution in [0.5, 0.6) is 5.75 Å². The lowest BCUT2D eigenvalue weighted by Crippen LogP contribution is -2.65. The predicted molar refractivity (Wildman–Crippen MR) is 138 cm³/mol. The van der Waals surface area contributed by atoms with E-state index in [4.69, 9.17) is 10.5 Å². The molecule has 0 radical (unpaired) electrons. The van der Waals surface area contributed by atoms with Crippen LogP contribution in [-0.2, 0) is 4.79 Å². The lowest BCUT2D eigenvalue weighted by Gasteiger charge is -2.43. The molecule has 192 valence electrons. The van der Waals surface area contributed by atoms with Crippen LogP contribution in [-0.4, -0.2) is 66.1 Å². The number of ether oxygens (including phenoxy) is 1. The standard InChI is InChI=1S/C27H35N5O4/c1-18-6-3-7-19(16-18)26(34)31-14-5-15-32(27(35)30-22-8-4-9-23(17-22)36-2)25(31)24(33)29-21-12-10-20(28)11-13-21/h3-4,6-9,16-17,20-21,25H,5,10-15,28H2,1-2H3,(H,29,33)(H,30,35). The van der Waals surface area contributed by atoms with E-state index in [1.165, 1.54) is 9.80 Å². The molecule has 1 aliphatic heterocycles. The molecule has 2 aliphatic rings. The van der Waals surface area contributed by atoms with Crippen molar-refractivity contribution < 1.29 is 19.1 Å². The van der Waals surface area contributed by atoms with E-state index in [0.29, 0.717) is 36.5 Å². The number of benzene rings is 2. The molecule has 4 rings (SSSR count). The minimum atomic E-state index is -1.06. The van der Waals surface area contributed by atoms with Crippen molar-refractivity contribution in [2.24, 2.45) is 5.73 Å². The van der Waals surface area contributed by atoms with Crippen LogP contribution in [0.3, 0.4) is 0 Å². The zero-order chi connectivity index (χ0) is 25.7. The summed E-state index contributed by atoms with van der Waals surface area (Å²) in [6, 6.07) is 14.0. The van der Waals surface area contributed by atoms with Gasteiger partial charge in [0, 0.05) is 42.5 Å². The van der Waals surface area contributed by atoms with Gasteiger partial charge in [-0.25, -0.2) is 4.79 Å². The van der Waals surface area contributed by atoms with Crippen LogP contribution >= 0.6 is 0 Å². The number of aryl methyl sites for hydroxylation is 1. The Morgan fingerprint density at radius 2 is 1.69 bits per heavy atom. The molecule has 0 bridgehead atoms. The molecule has 2 aromatic rings. The number of urea groups is 1. The number of amides is 4. The summed E-state index contributed by atoms with van der Waals surface area (Å²) in [6.07, 6.45) is 2.73. The van der Waals surface area contributed by atoms with Crippen molar-refractivity contribution in [2.45, 2.75) is 57.3 Å². The molecule has 1 saturated heterocycles. The van der Waals surface area contributed by atoms with Crippen LogP contribution in [0, 0.1) is 6.92 Å². The van der Waals surface area contributed by atoms with Gasteiger partial charge in [-0.05, 0) is 63.3 Å². The summed E-state index contributed by atoms with van der Waals surface area (Å²) in [7, 11) is 1.55. The van der Waals surface area contributed by atoms with E-state index in [1.807, 2.05) is 19.1 Å². The number of nitrogens with one attached hydrogen (secondary N) is 2. The van der Waals surface area contributed by atoms with Crippen molar-refractivity contribution in [3.05, 3.63) is 59.7 Å². The quantitative estimate of drug-likeness (QED) is 0.592. The summed E-state index contributed by atoms with van der Waals surface area (Å²) in [5.41, 5.74) is 8.01. The highest BCUT2D eigenvalue weighted by atomic mass is 16.5. The fourth-order valence-corrected chi connectivity index (χ4v) is 4.91. The molecule has 4 amide bonds. The van der Waals surface area contributed by atoms with Crippen LogP contribution in [0.2, 0.25) is 0 Å². The first kappa shape index (κ1) is 25.5. The Labute approximate surface area is 212 Å². The topological polar surface area (TPSA) is 117 Å². The summed E-state index contributed by atoms with van der Waals surface area (Å²) in [4.78, 5) is 43.6. The Bertz CT molecular complexity index is 1100. The number of carbonyl (C=O) groups excluding carboxylic acids is 3. The zero-order valence-corrected chi connectivity index (χ0v) is 20.9. The molecule has 1 aliphatic carbocycles. The van der Waals surface area contributed by atoms with E-state index in [0.717, 1.165) is 31.2 Å². The van der Waals surface area contributed by atoms with Gasteiger partial charge in [0.15, 0.2) is 6.17 Å². The minimum Gasteiger partial charge on any atom is -0.497 e. The highest BCUT2D eigenvalue weighted by molar-refractivity contribution is 6.00. The molecule has 0 aromatic heterocycles. The molecule has 1 heterocycles. The SMILES string of the molecule is COc1cccc(NC(=O)N2CCCN(C(=O)c3cccc(C)c3)C2C(=O)NC2CCC(N)CC2)c1. The fraction of sp³-hybridized carbons (Fsp3) is 0.444. The molecule has 2 aromatic carbocycles. The van der Waals surface area contributed by atoms with Gasteiger partial charge in [-0.1, -0.05) is 23.8 Å². The van der Waals surface area contributed by atoms with Gasteiger partial charge in [-0.15, -0.1) is 0 Å². The number of rotatable bonds is 5. The second-order valence-corrected chi connectivity index (χ2v) is 9.57. The first-order valence-electron chi connectivity index (χ1n) is 12.5. The van der Waals surface area contributed by atoms with Crippen LogP contribution in [0.15, 0.2) is 48.5 Å². The van der Waals surface area contributed by atoms with Gasteiger partial charge in [0.25, 0.3) is 11.8 Å². The highest BCUT2D eigenvalue weighted by Crippen LogP contribution is 2.23. The second kappa shape index (κ2) is 11.4. The molecule has 9 heteroatoms. The van der Waals surface area contributed by atoms with Crippen LogP contribution in [0.25, 0.3) is 0 Å². The summed E-state index contributed by atoms with van der Waals surface area (Å²) in [5, 5.41) is 5.96. The van der Waals surface area contributed by atoms with E-state index in [9.17, 15) is 14.4 Å². The van der Waals surface area contributed by atoms with Crippen molar-refractivity contribution in [1.82, 2.24) is 15.1 Å². The number of anilines is 1. The summed E-state index contributed by atoms with van der Waals surface area (Å²) in [6.45, 7) is 2.64. The Morgan fingerprint density at radius 1 is 0.972 bits per heavy atom. The first-order valence-corrected chi connectivity index (χ1v) is 12.5. The lowest BCUT2D eigenvalue weighted by atomic mass is 9.91. The Hall–Kier alpha value is -3.59. The monoisotopic (exact) mass is 493 g/mol. The molecule has 36 heavy (non-hydrogen) atoms. The van der Waals surface area contributed by atoms with Gasteiger partial charge in [0.2, 0.25) is 0 Å². The summed E-state index contributed by atoms with van der Waals surface area (Å²) < 4.78 is 5.25. The largest absolute Gasteiger partial charge is 0.497 e. The van der Waals surface area contributed by atoms with E-state index < -0.39 is 12.2 Å². The first-order chi connectivity index (χ1) is 17.4. The molecular formula is C27H35N5O4. The van der Waals surface area contributed by atoms with E-state index in [2.05, 4.69) is 10.6 Å². The third-order valence-corrected chi connectivity index (χ3v) is 6.85. The number of carbonyl (C=O) groups is 3. The Balaban J connectivity index is 1.59. The van der Waals surface area contributed by atoms with Crippen molar-refractivity contribution in [3.8, 4) is 5.75 Å².